The average molecular weight is 543 g/mol. The van der Waals surface area contributed by atoms with Gasteiger partial charge in [-0.3, -0.25) is 23.8 Å². The zero-order valence-electron chi connectivity index (χ0n) is 21.5. The first-order valence-electron chi connectivity index (χ1n) is 13.0. The van der Waals surface area contributed by atoms with E-state index in [-0.39, 0.29) is 12.3 Å². The van der Waals surface area contributed by atoms with Crippen LogP contribution in [0.3, 0.4) is 0 Å². The number of aliphatic carboxylic acids is 1. The number of hydrogen-bond acceptors (Lipinski definition) is 4. The van der Waals surface area contributed by atoms with Gasteiger partial charge in [0.1, 0.15) is 18.9 Å². The van der Waals surface area contributed by atoms with Gasteiger partial charge in [0.15, 0.2) is 0 Å². The van der Waals surface area contributed by atoms with Crippen molar-refractivity contribution in [1.82, 2.24) is 4.90 Å². The number of nitrogens with zero attached hydrogens (tertiary/aromatic N) is 2. The van der Waals surface area contributed by atoms with Gasteiger partial charge in [0, 0.05) is 5.69 Å². The van der Waals surface area contributed by atoms with Crippen LogP contribution in [-0.4, -0.2) is 56.4 Å². The maximum Gasteiger partial charge on any atom is 0.344 e. The second kappa shape index (κ2) is 11.4. The molecule has 9 nitrogen and oxygen atoms in total. The molecule has 1 saturated carbocycles. The standard InChI is InChI=1S/C28H35N2O7P/c1-20(17-21-9-3-2-4-10-21)28(15-7-8-16-28)27(34)30(19-38(35,36)37)24-14-13-22-11-5-6-12-23(22)29(26(24)33)18-25(31)32/h2-6,9-12,20,24H,7-8,13-19H2,1H3,(H,31,32)(H2,35,36,37)/t20?,24-/m0/s1. The number of carboxylic acid groups (broad SMARTS) is 1. The van der Waals surface area contributed by atoms with E-state index in [1.54, 1.807) is 24.3 Å². The van der Waals surface area contributed by atoms with E-state index in [4.69, 9.17) is 0 Å². The molecule has 1 fully saturated rings. The lowest BCUT2D eigenvalue weighted by Gasteiger charge is -2.42. The Morgan fingerprint density at radius 3 is 2.34 bits per heavy atom. The summed E-state index contributed by atoms with van der Waals surface area (Å²) in [5, 5.41) is 9.55. The lowest BCUT2D eigenvalue weighted by molar-refractivity contribution is -0.150. The van der Waals surface area contributed by atoms with Gasteiger partial charge in [0.2, 0.25) is 11.8 Å². The van der Waals surface area contributed by atoms with Crippen LogP contribution in [0.4, 0.5) is 5.69 Å². The van der Waals surface area contributed by atoms with E-state index in [9.17, 15) is 33.8 Å². The lowest BCUT2D eigenvalue weighted by atomic mass is 9.71. The summed E-state index contributed by atoms with van der Waals surface area (Å²) in [7, 11) is -4.75. The second-order valence-electron chi connectivity index (χ2n) is 10.5. The van der Waals surface area contributed by atoms with Crippen LogP contribution in [0.25, 0.3) is 0 Å². The normalized spacial score (nSPS) is 19.9. The van der Waals surface area contributed by atoms with Crippen LogP contribution >= 0.6 is 7.60 Å². The minimum Gasteiger partial charge on any atom is -0.480 e. The Hall–Kier alpha value is -3.00. The van der Waals surface area contributed by atoms with Crippen molar-refractivity contribution >= 4 is 31.1 Å². The molecule has 0 aromatic heterocycles. The first kappa shape index (κ1) is 28.0. The maximum atomic E-state index is 14.4. The van der Waals surface area contributed by atoms with E-state index in [1.165, 1.54) is 0 Å². The molecular weight excluding hydrogens is 507 g/mol. The predicted octanol–water partition coefficient (Wildman–Crippen LogP) is 3.82. The quantitative estimate of drug-likeness (QED) is 0.410. The number of carbonyl (C=O) groups is 3. The zero-order chi connectivity index (χ0) is 27.5. The molecule has 3 N–H and O–H groups in total. The third-order valence-corrected chi connectivity index (χ3v) is 8.71. The van der Waals surface area contributed by atoms with Crippen molar-refractivity contribution in [3.63, 3.8) is 0 Å². The number of fused-ring (bicyclic) bond motifs is 1. The molecule has 2 aromatic rings. The molecular formula is C28H35N2O7P. The molecule has 10 heteroatoms. The fourth-order valence-electron chi connectivity index (χ4n) is 6.16. The monoisotopic (exact) mass is 542 g/mol. The van der Waals surface area contributed by atoms with Crippen molar-refractivity contribution in [2.24, 2.45) is 11.3 Å². The third kappa shape index (κ3) is 6.01. The van der Waals surface area contributed by atoms with Gasteiger partial charge >= 0.3 is 13.6 Å². The fraction of sp³-hybridized carbons (Fsp3) is 0.464. The number of amides is 2. The summed E-state index contributed by atoms with van der Waals surface area (Å²) >= 11 is 0. The van der Waals surface area contributed by atoms with E-state index < -0.39 is 49.7 Å². The van der Waals surface area contributed by atoms with Crippen molar-refractivity contribution in [2.75, 3.05) is 17.7 Å². The number of benzene rings is 2. The van der Waals surface area contributed by atoms with Gasteiger partial charge in [-0.1, -0.05) is 68.3 Å². The largest absolute Gasteiger partial charge is 0.480 e. The van der Waals surface area contributed by atoms with Gasteiger partial charge in [-0.25, -0.2) is 0 Å². The SMILES string of the molecule is CC(Cc1ccccc1)C1(C(=O)N(CP(=O)(O)O)[C@H]2CCc3ccccc3N(CC(=O)O)C2=O)CCCC1. The Labute approximate surface area is 222 Å². The maximum absolute atomic E-state index is 14.4. The number of anilines is 1. The van der Waals surface area contributed by atoms with Crippen LogP contribution in [0.15, 0.2) is 54.6 Å². The van der Waals surface area contributed by atoms with Crippen LogP contribution < -0.4 is 4.90 Å². The number of rotatable bonds is 9. The highest BCUT2D eigenvalue weighted by atomic mass is 31.2. The van der Waals surface area contributed by atoms with Crippen molar-refractivity contribution in [3.05, 3.63) is 65.7 Å². The van der Waals surface area contributed by atoms with Crippen molar-refractivity contribution in [3.8, 4) is 0 Å². The summed E-state index contributed by atoms with van der Waals surface area (Å²) < 4.78 is 12.3. The Morgan fingerprint density at radius 1 is 1.08 bits per heavy atom. The first-order valence-corrected chi connectivity index (χ1v) is 14.8. The summed E-state index contributed by atoms with van der Waals surface area (Å²) in [5.41, 5.74) is 1.39. The van der Waals surface area contributed by atoms with E-state index in [1.807, 2.05) is 37.3 Å². The molecule has 204 valence electrons. The molecule has 0 radical (unpaired) electrons. The molecule has 1 heterocycles. The minimum atomic E-state index is -4.75. The van der Waals surface area contributed by atoms with Crippen molar-refractivity contribution in [2.45, 2.75) is 57.9 Å². The molecule has 0 saturated heterocycles. The number of carbonyl (C=O) groups excluding carboxylic acids is 2. The van der Waals surface area contributed by atoms with Gasteiger partial charge in [0.05, 0.1) is 5.41 Å². The predicted molar refractivity (Wildman–Crippen MR) is 143 cm³/mol. The summed E-state index contributed by atoms with van der Waals surface area (Å²) in [6, 6.07) is 15.5. The van der Waals surface area contributed by atoms with Crippen LogP contribution in [0, 0.1) is 11.3 Å². The van der Waals surface area contributed by atoms with Crippen LogP contribution in [-0.2, 0) is 31.8 Å². The number of hydrogen-bond donors (Lipinski definition) is 3. The van der Waals surface area contributed by atoms with Gasteiger partial charge in [-0.2, -0.15) is 0 Å². The van der Waals surface area contributed by atoms with E-state index in [2.05, 4.69) is 0 Å². The molecule has 38 heavy (non-hydrogen) atoms. The summed E-state index contributed by atoms with van der Waals surface area (Å²) in [6.07, 6.45) is 2.98. The molecule has 2 aliphatic rings. The smallest absolute Gasteiger partial charge is 0.344 e. The fourth-order valence-corrected chi connectivity index (χ4v) is 6.89. The molecule has 0 spiro atoms. The van der Waals surface area contributed by atoms with Gasteiger partial charge < -0.3 is 19.8 Å². The molecule has 2 aromatic carbocycles. The first-order chi connectivity index (χ1) is 18.0. The number of carboxylic acids is 1. The van der Waals surface area contributed by atoms with E-state index in [0.29, 0.717) is 31.4 Å². The van der Waals surface area contributed by atoms with Gasteiger partial charge in [-0.05, 0) is 55.2 Å². The Balaban J connectivity index is 1.73. The molecule has 2 amide bonds. The van der Waals surface area contributed by atoms with E-state index >= 15 is 0 Å². The topological polar surface area (TPSA) is 135 Å². The minimum absolute atomic E-state index is 0.132. The number of para-hydroxylation sites is 1. The summed E-state index contributed by atoms with van der Waals surface area (Å²) in [6.45, 7) is 1.38. The Bertz CT molecular complexity index is 1220. The molecule has 1 unspecified atom stereocenters. The highest BCUT2D eigenvalue weighted by Gasteiger charge is 2.51. The van der Waals surface area contributed by atoms with E-state index in [0.717, 1.165) is 33.8 Å². The van der Waals surface area contributed by atoms with Gasteiger partial charge in [-0.15, -0.1) is 0 Å². The summed E-state index contributed by atoms with van der Waals surface area (Å²) in [4.78, 5) is 62.2. The highest BCUT2D eigenvalue weighted by Crippen LogP contribution is 2.49. The zero-order valence-corrected chi connectivity index (χ0v) is 22.4. The van der Waals surface area contributed by atoms with Crippen LogP contribution in [0.5, 0.6) is 0 Å². The Morgan fingerprint density at radius 2 is 1.71 bits per heavy atom. The van der Waals surface area contributed by atoms with Gasteiger partial charge in [0.25, 0.3) is 0 Å². The molecule has 1 aliphatic heterocycles. The van der Waals surface area contributed by atoms with Crippen LogP contribution in [0.1, 0.15) is 50.2 Å². The summed E-state index contributed by atoms with van der Waals surface area (Å²) in [5.74, 6) is -2.41. The van der Waals surface area contributed by atoms with Crippen molar-refractivity contribution in [1.29, 1.82) is 0 Å². The molecule has 0 bridgehead atoms. The lowest BCUT2D eigenvalue weighted by Crippen LogP contribution is -2.56. The highest BCUT2D eigenvalue weighted by molar-refractivity contribution is 7.51. The third-order valence-electron chi connectivity index (χ3n) is 8.04. The second-order valence-corrected chi connectivity index (χ2v) is 12.1. The molecule has 1 aliphatic carbocycles. The molecule has 2 atom stereocenters. The molecule has 4 rings (SSSR count). The van der Waals surface area contributed by atoms with Crippen molar-refractivity contribution < 1.29 is 33.8 Å². The van der Waals surface area contributed by atoms with Crippen LogP contribution in [0.2, 0.25) is 0 Å². The number of aryl methyl sites for hydroxylation is 1. The Kier molecular flexibility index (Phi) is 8.40. The average Bonchev–Trinajstić information content (AvgIpc) is 3.33.